The lowest BCUT2D eigenvalue weighted by molar-refractivity contribution is -0.134. The number of hydrogen-bond donors (Lipinski definition) is 1. The van der Waals surface area contributed by atoms with Gasteiger partial charge in [0.2, 0.25) is 0 Å². The molecule has 12 heavy (non-hydrogen) atoms. The van der Waals surface area contributed by atoms with Gasteiger partial charge >= 0.3 is 0 Å². The maximum atomic E-state index is 9.00. The first-order chi connectivity index (χ1) is 5.15. The minimum Gasteiger partial charge on any atom is -0.481 e. The molecule has 0 radical (unpaired) electrons. The predicted octanol–water partition coefficient (Wildman–Crippen LogP) is 3.17. The molecular weight excluding hydrogens is 152 g/mol. The van der Waals surface area contributed by atoms with Crippen molar-refractivity contribution in [3.05, 3.63) is 0 Å². The average molecular weight is 174 g/mol. The minimum atomic E-state index is -0.833. The summed E-state index contributed by atoms with van der Waals surface area (Å²) in [5, 5.41) is 7.42. The average Bonchev–Trinajstić information content (AvgIpc) is 1.52. The Kier molecular flexibility index (Phi) is 7.05. The van der Waals surface area contributed by atoms with Gasteiger partial charge in [-0.2, -0.15) is 0 Å². The van der Waals surface area contributed by atoms with Crippen LogP contribution in [0.3, 0.4) is 0 Å². The van der Waals surface area contributed by atoms with Crippen molar-refractivity contribution < 1.29 is 9.90 Å². The predicted molar refractivity (Wildman–Crippen MR) is 52.2 cm³/mol. The van der Waals surface area contributed by atoms with Crippen molar-refractivity contribution in [3.8, 4) is 0 Å². The second-order valence-electron chi connectivity index (χ2n) is 4.68. The van der Waals surface area contributed by atoms with Gasteiger partial charge in [0.15, 0.2) is 0 Å². The van der Waals surface area contributed by atoms with Crippen LogP contribution in [0, 0.1) is 11.3 Å². The molecule has 0 aliphatic heterocycles. The van der Waals surface area contributed by atoms with Crippen molar-refractivity contribution in [1.29, 1.82) is 0 Å². The molecule has 0 unspecified atom stereocenters. The fourth-order valence-electron chi connectivity index (χ4n) is 1.22. The molecule has 0 atom stereocenters. The van der Waals surface area contributed by atoms with Gasteiger partial charge in [-0.05, 0) is 17.8 Å². The van der Waals surface area contributed by atoms with E-state index >= 15 is 0 Å². The zero-order valence-corrected chi connectivity index (χ0v) is 9.14. The molecule has 1 N–H and O–H groups in total. The fraction of sp³-hybridized carbons (Fsp3) is 0.900. The van der Waals surface area contributed by atoms with Crippen LogP contribution >= 0.6 is 0 Å². The molecule has 0 saturated heterocycles. The number of carboxylic acid groups (broad SMARTS) is 1. The van der Waals surface area contributed by atoms with Crippen LogP contribution in [0.2, 0.25) is 0 Å². The molecule has 0 bridgehead atoms. The van der Waals surface area contributed by atoms with Crippen LogP contribution in [-0.2, 0) is 4.79 Å². The van der Waals surface area contributed by atoms with Gasteiger partial charge in [0, 0.05) is 6.92 Å². The Bertz CT molecular complexity index is 116. The van der Waals surface area contributed by atoms with E-state index in [1.807, 2.05) is 0 Å². The van der Waals surface area contributed by atoms with E-state index < -0.39 is 5.97 Å². The number of aliphatic carboxylic acids is 1. The Labute approximate surface area is 76.0 Å². The third-order valence-electron chi connectivity index (χ3n) is 1.02. The summed E-state index contributed by atoms with van der Waals surface area (Å²) < 4.78 is 0. The quantitative estimate of drug-likeness (QED) is 0.663. The summed E-state index contributed by atoms with van der Waals surface area (Å²) in [5.74, 6) is 0.00926. The molecule has 0 heterocycles. The van der Waals surface area contributed by atoms with E-state index in [2.05, 4.69) is 34.6 Å². The maximum absolute atomic E-state index is 9.00. The van der Waals surface area contributed by atoms with Crippen LogP contribution < -0.4 is 0 Å². The second-order valence-corrected chi connectivity index (χ2v) is 4.68. The van der Waals surface area contributed by atoms with Crippen molar-refractivity contribution in [1.82, 2.24) is 0 Å². The van der Waals surface area contributed by atoms with E-state index in [1.54, 1.807) is 0 Å². The fourth-order valence-corrected chi connectivity index (χ4v) is 1.22. The first-order valence-corrected chi connectivity index (χ1v) is 4.34. The normalized spacial score (nSPS) is 10.6. The Morgan fingerprint density at radius 1 is 1.33 bits per heavy atom. The highest BCUT2D eigenvalue weighted by Crippen LogP contribution is 2.23. The lowest BCUT2D eigenvalue weighted by atomic mass is 9.86. The monoisotopic (exact) mass is 174 g/mol. The van der Waals surface area contributed by atoms with Crippen molar-refractivity contribution in [3.63, 3.8) is 0 Å². The molecule has 0 saturated carbocycles. The summed E-state index contributed by atoms with van der Waals surface area (Å²) in [6, 6.07) is 0. The van der Waals surface area contributed by atoms with Gasteiger partial charge in [-0.1, -0.05) is 34.6 Å². The summed E-state index contributed by atoms with van der Waals surface area (Å²) in [4.78, 5) is 9.00. The number of rotatable bonds is 1. The molecule has 0 aromatic heterocycles. The second kappa shape index (κ2) is 6.04. The van der Waals surface area contributed by atoms with Gasteiger partial charge in [-0.25, -0.2) is 0 Å². The zero-order chi connectivity index (χ0) is 10.4. The molecule has 0 aromatic carbocycles. The Hall–Kier alpha value is -0.530. The van der Waals surface area contributed by atoms with Crippen molar-refractivity contribution >= 4 is 5.97 Å². The van der Waals surface area contributed by atoms with E-state index in [1.165, 1.54) is 6.42 Å². The van der Waals surface area contributed by atoms with E-state index in [0.717, 1.165) is 12.8 Å². The molecule has 0 spiro atoms. The Morgan fingerprint density at radius 2 is 1.58 bits per heavy atom. The van der Waals surface area contributed by atoms with Crippen molar-refractivity contribution in [2.75, 3.05) is 0 Å². The Morgan fingerprint density at radius 3 is 1.58 bits per heavy atom. The molecule has 2 nitrogen and oxygen atoms in total. The Balaban J connectivity index is 0. The molecule has 0 fully saturated rings. The minimum absolute atomic E-state index is 0.522. The summed E-state index contributed by atoms with van der Waals surface area (Å²) >= 11 is 0. The third kappa shape index (κ3) is 34.0. The van der Waals surface area contributed by atoms with Gasteiger partial charge < -0.3 is 5.11 Å². The van der Waals surface area contributed by atoms with Crippen LogP contribution in [-0.4, -0.2) is 11.1 Å². The van der Waals surface area contributed by atoms with Crippen LogP contribution in [0.25, 0.3) is 0 Å². The van der Waals surface area contributed by atoms with E-state index in [9.17, 15) is 0 Å². The molecule has 74 valence electrons. The largest absolute Gasteiger partial charge is 0.481 e. The van der Waals surface area contributed by atoms with Gasteiger partial charge in [-0.3, -0.25) is 4.79 Å². The lowest BCUT2D eigenvalue weighted by Gasteiger charge is -2.19. The highest BCUT2D eigenvalue weighted by Gasteiger charge is 2.11. The molecule has 0 aromatic rings. The van der Waals surface area contributed by atoms with Crippen molar-refractivity contribution in [2.45, 2.75) is 48.0 Å². The topological polar surface area (TPSA) is 37.3 Å². The van der Waals surface area contributed by atoms with Gasteiger partial charge in [-0.15, -0.1) is 0 Å². The number of carboxylic acids is 1. The van der Waals surface area contributed by atoms with E-state index in [0.29, 0.717) is 5.41 Å². The smallest absolute Gasteiger partial charge is 0.300 e. The SMILES string of the molecule is CC(=O)O.CC(C)CC(C)(C)C. The summed E-state index contributed by atoms with van der Waals surface area (Å²) in [7, 11) is 0. The van der Waals surface area contributed by atoms with Gasteiger partial charge in [0.05, 0.1) is 0 Å². The van der Waals surface area contributed by atoms with E-state index in [4.69, 9.17) is 9.90 Å². The standard InChI is InChI=1S/C8H18.C2H4O2/c1-7(2)6-8(3,4)5;1-2(3)4/h7H,6H2,1-5H3;1H3,(H,3,4). The first kappa shape index (κ1) is 14.0. The van der Waals surface area contributed by atoms with E-state index in [-0.39, 0.29) is 0 Å². The zero-order valence-electron chi connectivity index (χ0n) is 9.14. The summed E-state index contributed by atoms with van der Waals surface area (Å²) in [6.07, 6.45) is 1.33. The highest BCUT2D eigenvalue weighted by atomic mass is 16.4. The van der Waals surface area contributed by atoms with Crippen LogP contribution in [0.1, 0.15) is 48.0 Å². The highest BCUT2D eigenvalue weighted by molar-refractivity contribution is 5.62. The lowest BCUT2D eigenvalue weighted by Crippen LogP contribution is -2.08. The summed E-state index contributed by atoms with van der Waals surface area (Å²) in [6.45, 7) is 12.5. The molecule has 0 aliphatic rings. The molecule has 2 heteroatoms. The van der Waals surface area contributed by atoms with Crippen LogP contribution in [0.4, 0.5) is 0 Å². The summed E-state index contributed by atoms with van der Waals surface area (Å²) in [5.41, 5.74) is 0.522. The van der Waals surface area contributed by atoms with Gasteiger partial charge in [0.1, 0.15) is 0 Å². The maximum Gasteiger partial charge on any atom is 0.300 e. The van der Waals surface area contributed by atoms with Gasteiger partial charge in [0.25, 0.3) is 5.97 Å². The molecular formula is C10H22O2. The third-order valence-corrected chi connectivity index (χ3v) is 1.02. The number of hydrogen-bond acceptors (Lipinski definition) is 1. The molecule has 0 aliphatic carbocycles. The number of carbonyl (C=O) groups is 1. The molecule has 0 rings (SSSR count). The first-order valence-electron chi connectivity index (χ1n) is 4.34. The molecule has 0 amide bonds. The van der Waals surface area contributed by atoms with Crippen LogP contribution in [0.5, 0.6) is 0 Å². The van der Waals surface area contributed by atoms with Crippen LogP contribution in [0.15, 0.2) is 0 Å². The van der Waals surface area contributed by atoms with Crippen molar-refractivity contribution in [2.24, 2.45) is 11.3 Å².